The van der Waals surface area contributed by atoms with E-state index in [1.54, 1.807) is 12.1 Å². The van der Waals surface area contributed by atoms with Gasteiger partial charge in [-0.1, -0.05) is 108 Å². The normalized spacial score (nSPS) is 14.9. The Kier molecular flexibility index (Phi) is 8.28. The van der Waals surface area contributed by atoms with Crippen molar-refractivity contribution in [2.45, 2.75) is 71.3 Å². The average Bonchev–Trinajstić information content (AvgIpc) is 3.47. The molecule has 0 fully saturated rings. The fraction of sp³-hybridized carbons (Fsp3) is 0.333. The van der Waals surface area contributed by atoms with Gasteiger partial charge in [-0.05, 0) is 46.0 Å². The summed E-state index contributed by atoms with van der Waals surface area (Å²) in [5.41, 5.74) is 8.74. The molecule has 0 radical (unpaired) electrons. The van der Waals surface area contributed by atoms with E-state index in [1.165, 1.54) is 28.3 Å². The molecule has 7 heteroatoms. The van der Waals surface area contributed by atoms with Crippen molar-refractivity contribution in [1.82, 2.24) is 9.78 Å². The SMILES string of the molecule is CC(C)(C)c1nn(Cc2ccc(C3C(CNc4ccc(F)c(Cl)c4)=Cc4ccccc43)cc2)c(C(C)(C)C)c1CC(=O)O. The molecule has 1 heterocycles. The number of fused-ring (bicyclic) bond motifs is 1. The molecular formula is C36H39ClFN3O2. The number of anilines is 1. The van der Waals surface area contributed by atoms with Gasteiger partial charge in [-0.2, -0.15) is 5.10 Å². The molecule has 1 aromatic heterocycles. The summed E-state index contributed by atoms with van der Waals surface area (Å²) >= 11 is 6.01. The Bertz CT molecular complexity index is 1690. The number of hydrogen-bond donors (Lipinski definition) is 2. The van der Waals surface area contributed by atoms with Crippen LogP contribution in [0.2, 0.25) is 5.02 Å². The van der Waals surface area contributed by atoms with Gasteiger partial charge in [-0.3, -0.25) is 9.48 Å². The largest absolute Gasteiger partial charge is 0.481 e. The lowest BCUT2D eigenvalue weighted by Gasteiger charge is -2.23. The van der Waals surface area contributed by atoms with Gasteiger partial charge >= 0.3 is 5.97 Å². The Hall–Kier alpha value is -3.90. The molecule has 1 aliphatic carbocycles. The molecule has 0 saturated carbocycles. The molecule has 0 amide bonds. The molecule has 224 valence electrons. The van der Waals surface area contributed by atoms with Gasteiger partial charge in [0.1, 0.15) is 5.82 Å². The van der Waals surface area contributed by atoms with E-state index in [0.717, 1.165) is 28.2 Å². The van der Waals surface area contributed by atoms with Crippen molar-refractivity contribution in [1.29, 1.82) is 0 Å². The summed E-state index contributed by atoms with van der Waals surface area (Å²) in [5.74, 6) is -1.20. The van der Waals surface area contributed by atoms with Crippen LogP contribution in [-0.2, 0) is 28.6 Å². The van der Waals surface area contributed by atoms with Crippen LogP contribution < -0.4 is 5.32 Å². The third-order valence-corrected chi connectivity index (χ3v) is 8.17. The summed E-state index contributed by atoms with van der Waals surface area (Å²) in [6.07, 6.45) is 2.18. The highest BCUT2D eigenvalue weighted by Crippen LogP contribution is 2.41. The van der Waals surface area contributed by atoms with Gasteiger partial charge in [0.2, 0.25) is 0 Å². The number of halogens is 2. The molecule has 2 N–H and O–H groups in total. The second-order valence-electron chi connectivity index (χ2n) is 13.4. The van der Waals surface area contributed by atoms with Gasteiger partial charge in [-0.25, -0.2) is 4.39 Å². The number of aromatic nitrogens is 2. The van der Waals surface area contributed by atoms with Crippen LogP contribution in [0, 0.1) is 5.82 Å². The number of hydrogen-bond acceptors (Lipinski definition) is 3. The van der Waals surface area contributed by atoms with Crippen molar-refractivity contribution in [3.8, 4) is 0 Å². The lowest BCUT2D eigenvalue weighted by molar-refractivity contribution is -0.136. The molecule has 5 nitrogen and oxygen atoms in total. The van der Waals surface area contributed by atoms with Crippen LogP contribution in [0.3, 0.4) is 0 Å². The number of rotatable bonds is 8. The Balaban J connectivity index is 1.44. The van der Waals surface area contributed by atoms with Crippen LogP contribution in [-0.4, -0.2) is 27.4 Å². The Morgan fingerprint density at radius 2 is 1.70 bits per heavy atom. The van der Waals surface area contributed by atoms with E-state index >= 15 is 0 Å². The average molecular weight is 600 g/mol. The highest BCUT2D eigenvalue weighted by atomic mass is 35.5. The van der Waals surface area contributed by atoms with E-state index in [2.05, 4.69) is 95.4 Å². The smallest absolute Gasteiger partial charge is 0.307 e. The van der Waals surface area contributed by atoms with Gasteiger partial charge in [0.05, 0.1) is 23.7 Å². The molecule has 5 rings (SSSR count). The topological polar surface area (TPSA) is 67.2 Å². The molecule has 0 spiro atoms. The van der Waals surface area contributed by atoms with Gasteiger partial charge < -0.3 is 10.4 Å². The van der Waals surface area contributed by atoms with Crippen molar-refractivity contribution in [3.05, 3.63) is 122 Å². The summed E-state index contributed by atoms with van der Waals surface area (Å²) < 4.78 is 15.7. The second-order valence-corrected chi connectivity index (χ2v) is 13.8. The predicted octanol–water partition coefficient (Wildman–Crippen LogP) is 8.59. The number of benzene rings is 3. The third-order valence-electron chi connectivity index (χ3n) is 7.88. The van der Waals surface area contributed by atoms with Crippen molar-refractivity contribution in [2.75, 3.05) is 11.9 Å². The number of nitrogens with one attached hydrogen (secondary N) is 1. The van der Waals surface area contributed by atoms with Crippen molar-refractivity contribution in [3.63, 3.8) is 0 Å². The predicted molar refractivity (Wildman–Crippen MR) is 173 cm³/mol. The molecule has 1 atom stereocenters. The first-order valence-corrected chi connectivity index (χ1v) is 15.0. The maximum Gasteiger partial charge on any atom is 0.307 e. The molecular weight excluding hydrogens is 561 g/mol. The van der Waals surface area contributed by atoms with Crippen LogP contribution in [0.1, 0.15) is 86.7 Å². The minimum atomic E-state index is -0.849. The van der Waals surface area contributed by atoms with E-state index in [4.69, 9.17) is 16.7 Å². The van der Waals surface area contributed by atoms with Crippen LogP contribution in [0.15, 0.2) is 72.3 Å². The maximum atomic E-state index is 13.7. The van der Waals surface area contributed by atoms with Gasteiger partial charge in [0, 0.05) is 40.2 Å². The van der Waals surface area contributed by atoms with E-state index in [1.807, 2.05) is 10.7 Å². The number of carbonyl (C=O) groups is 1. The van der Waals surface area contributed by atoms with E-state index < -0.39 is 11.8 Å². The highest BCUT2D eigenvalue weighted by Gasteiger charge is 2.33. The molecule has 1 aliphatic rings. The number of carboxylic acid groups (broad SMARTS) is 1. The first-order valence-electron chi connectivity index (χ1n) is 14.6. The van der Waals surface area contributed by atoms with Gasteiger partial charge in [-0.15, -0.1) is 0 Å². The van der Waals surface area contributed by atoms with E-state index in [9.17, 15) is 14.3 Å². The zero-order chi connectivity index (χ0) is 31.1. The van der Waals surface area contributed by atoms with Crippen LogP contribution in [0.25, 0.3) is 6.08 Å². The van der Waals surface area contributed by atoms with Gasteiger partial charge in [0.25, 0.3) is 0 Å². The zero-order valence-corrected chi connectivity index (χ0v) is 26.4. The summed E-state index contributed by atoms with van der Waals surface area (Å²) in [4.78, 5) is 11.9. The first-order chi connectivity index (χ1) is 20.2. The van der Waals surface area contributed by atoms with E-state index in [0.29, 0.717) is 13.1 Å². The van der Waals surface area contributed by atoms with Crippen molar-refractivity contribution >= 4 is 29.3 Å². The fourth-order valence-corrected chi connectivity index (χ4v) is 6.29. The summed E-state index contributed by atoms with van der Waals surface area (Å²) in [7, 11) is 0. The standard InChI is InChI=1S/C36H39ClFN3O2/c1-35(2,3)33-28(19-31(42)43)34(36(4,5)6)41(40-33)21-22-11-13-23(14-12-22)32-25(17-24-9-7-8-10-27(24)32)20-39-26-15-16-30(38)29(37)18-26/h7-18,32,39H,19-21H2,1-6H3,(H,42,43). The minimum absolute atomic E-state index is 0.0491. The quantitative estimate of drug-likeness (QED) is 0.213. The van der Waals surface area contributed by atoms with Crippen LogP contribution in [0.4, 0.5) is 10.1 Å². The first kappa shape index (κ1) is 30.6. The molecule has 0 aliphatic heterocycles. The molecule has 4 aromatic rings. The Morgan fingerprint density at radius 1 is 1.00 bits per heavy atom. The summed E-state index contributed by atoms with van der Waals surface area (Å²) in [5, 5.41) is 18.2. The third kappa shape index (κ3) is 6.54. The van der Waals surface area contributed by atoms with Crippen LogP contribution in [0.5, 0.6) is 0 Å². The van der Waals surface area contributed by atoms with E-state index in [-0.39, 0.29) is 28.2 Å². The molecule has 0 saturated heterocycles. The lowest BCUT2D eigenvalue weighted by Crippen LogP contribution is -2.22. The fourth-order valence-electron chi connectivity index (χ4n) is 6.11. The van der Waals surface area contributed by atoms with Crippen molar-refractivity contribution < 1.29 is 14.3 Å². The Morgan fingerprint density at radius 3 is 2.33 bits per heavy atom. The lowest BCUT2D eigenvalue weighted by atomic mass is 9.82. The second kappa shape index (κ2) is 11.6. The maximum absolute atomic E-state index is 13.7. The molecule has 43 heavy (non-hydrogen) atoms. The molecule has 3 aromatic carbocycles. The van der Waals surface area contributed by atoms with Gasteiger partial charge in [0.15, 0.2) is 0 Å². The van der Waals surface area contributed by atoms with Crippen LogP contribution >= 0.6 is 11.6 Å². The molecule has 1 unspecified atom stereocenters. The number of carboxylic acids is 1. The van der Waals surface area contributed by atoms with Crippen molar-refractivity contribution in [2.24, 2.45) is 0 Å². The number of nitrogens with zero attached hydrogens (tertiary/aromatic N) is 2. The number of aliphatic carboxylic acids is 1. The summed E-state index contributed by atoms with van der Waals surface area (Å²) in [6.45, 7) is 13.7. The zero-order valence-electron chi connectivity index (χ0n) is 25.6. The monoisotopic (exact) mass is 599 g/mol. The summed E-state index contributed by atoms with van der Waals surface area (Å²) in [6, 6.07) is 21.7. The molecule has 0 bridgehead atoms. The minimum Gasteiger partial charge on any atom is -0.481 e. The highest BCUT2D eigenvalue weighted by molar-refractivity contribution is 6.31. The Labute approximate surface area is 258 Å².